The van der Waals surface area contributed by atoms with E-state index in [1.807, 2.05) is 37.1 Å². The number of hydrogen-bond acceptors (Lipinski definition) is 3. The molecule has 1 aromatic rings. The van der Waals surface area contributed by atoms with Crippen molar-refractivity contribution < 1.29 is 4.79 Å². The van der Waals surface area contributed by atoms with Crippen molar-refractivity contribution in [2.24, 2.45) is 11.7 Å². The summed E-state index contributed by atoms with van der Waals surface area (Å²) in [6.07, 6.45) is 4.22. The van der Waals surface area contributed by atoms with Crippen molar-refractivity contribution in [1.82, 2.24) is 4.90 Å². The van der Waals surface area contributed by atoms with Crippen LogP contribution in [0.5, 0.6) is 0 Å². The van der Waals surface area contributed by atoms with Crippen LogP contribution in [-0.4, -0.2) is 36.2 Å². The van der Waals surface area contributed by atoms with Crippen LogP contribution in [0, 0.1) is 12.8 Å². The van der Waals surface area contributed by atoms with Gasteiger partial charge in [0, 0.05) is 29.6 Å². The molecule has 0 spiro atoms. The molecule has 0 aliphatic carbocycles. The van der Waals surface area contributed by atoms with Gasteiger partial charge in [0.05, 0.1) is 0 Å². The average Bonchev–Trinajstić information content (AvgIpc) is 2.47. The minimum Gasteiger partial charge on any atom is -0.338 e. The molecule has 1 amide bonds. The molecule has 5 heteroatoms. The summed E-state index contributed by atoms with van der Waals surface area (Å²) in [7, 11) is 0. The van der Waals surface area contributed by atoms with Gasteiger partial charge in [0.25, 0.3) is 5.91 Å². The van der Waals surface area contributed by atoms with Crippen LogP contribution in [-0.2, 0) is 0 Å². The fourth-order valence-electron chi connectivity index (χ4n) is 2.75. The highest BCUT2D eigenvalue weighted by atomic mass is 35.5. The predicted octanol–water partition coefficient (Wildman–Crippen LogP) is 3.34. The topological polar surface area (TPSA) is 46.3 Å². The van der Waals surface area contributed by atoms with Gasteiger partial charge in [-0.2, -0.15) is 0 Å². The lowest BCUT2D eigenvalue weighted by Gasteiger charge is -2.35. The number of piperidine rings is 1. The zero-order chi connectivity index (χ0) is 14.7. The smallest absolute Gasteiger partial charge is 0.254 e. The minimum absolute atomic E-state index is 0. The Morgan fingerprint density at radius 3 is 2.81 bits per heavy atom. The molecule has 1 saturated heterocycles. The van der Waals surface area contributed by atoms with E-state index in [4.69, 9.17) is 5.73 Å². The average molecular weight is 329 g/mol. The maximum absolute atomic E-state index is 12.7. The first kappa shape index (κ1) is 18.3. The zero-order valence-electron chi connectivity index (χ0n) is 13.0. The van der Waals surface area contributed by atoms with Gasteiger partial charge in [0.2, 0.25) is 0 Å². The van der Waals surface area contributed by atoms with Crippen molar-refractivity contribution in [2.75, 3.05) is 19.3 Å². The van der Waals surface area contributed by atoms with Crippen molar-refractivity contribution in [3.63, 3.8) is 0 Å². The second-order valence-corrected chi connectivity index (χ2v) is 6.57. The highest BCUT2D eigenvalue weighted by molar-refractivity contribution is 7.98. The fraction of sp³-hybridized carbons (Fsp3) is 0.562. The van der Waals surface area contributed by atoms with Gasteiger partial charge >= 0.3 is 0 Å². The molecule has 1 aliphatic rings. The number of carbonyl (C=O) groups excluding carboxylic acids is 1. The van der Waals surface area contributed by atoms with Crippen molar-refractivity contribution in [1.29, 1.82) is 0 Å². The maximum atomic E-state index is 12.7. The summed E-state index contributed by atoms with van der Waals surface area (Å²) >= 11 is 1.67. The van der Waals surface area contributed by atoms with Crippen molar-refractivity contribution in [2.45, 2.75) is 37.6 Å². The fourth-order valence-corrected chi connectivity index (χ4v) is 3.19. The Labute approximate surface area is 138 Å². The first-order valence-corrected chi connectivity index (χ1v) is 8.45. The predicted molar refractivity (Wildman–Crippen MR) is 92.5 cm³/mol. The Hall–Kier alpha value is -0.710. The van der Waals surface area contributed by atoms with Crippen molar-refractivity contribution in [3.8, 4) is 0 Å². The van der Waals surface area contributed by atoms with Gasteiger partial charge in [0.1, 0.15) is 0 Å². The Morgan fingerprint density at radius 2 is 2.19 bits per heavy atom. The molecule has 0 saturated carbocycles. The van der Waals surface area contributed by atoms with E-state index in [-0.39, 0.29) is 24.4 Å². The Bertz CT molecular complexity index is 493. The number of hydrogen-bond donors (Lipinski definition) is 1. The van der Waals surface area contributed by atoms with Crippen LogP contribution in [0.2, 0.25) is 0 Å². The third-order valence-electron chi connectivity index (χ3n) is 4.16. The molecule has 2 N–H and O–H groups in total. The van der Waals surface area contributed by atoms with Crippen LogP contribution in [0.15, 0.2) is 23.1 Å². The normalized spacial score (nSPS) is 19.8. The summed E-state index contributed by atoms with van der Waals surface area (Å²) in [4.78, 5) is 15.8. The largest absolute Gasteiger partial charge is 0.338 e. The monoisotopic (exact) mass is 328 g/mol. The molecule has 0 aromatic heterocycles. The molecule has 0 bridgehead atoms. The van der Waals surface area contributed by atoms with E-state index in [1.54, 1.807) is 11.8 Å². The molecule has 2 atom stereocenters. The van der Waals surface area contributed by atoms with E-state index in [2.05, 4.69) is 6.07 Å². The molecule has 2 unspecified atom stereocenters. The van der Waals surface area contributed by atoms with Crippen LogP contribution in [0.4, 0.5) is 0 Å². The number of thioether (sulfide) groups is 1. The lowest BCUT2D eigenvalue weighted by molar-refractivity contribution is 0.0660. The molecule has 1 aromatic carbocycles. The molecule has 21 heavy (non-hydrogen) atoms. The number of rotatable bonds is 3. The highest BCUT2D eigenvalue weighted by Gasteiger charge is 2.27. The van der Waals surface area contributed by atoms with Crippen LogP contribution in [0.3, 0.4) is 0 Å². The van der Waals surface area contributed by atoms with Crippen molar-refractivity contribution >= 4 is 30.1 Å². The van der Waals surface area contributed by atoms with Gasteiger partial charge in [-0.1, -0.05) is 6.07 Å². The van der Waals surface area contributed by atoms with Gasteiger partial charge in [0.15, 0.2) is 0 Å². The highest BCUT2D eigenvalue weighted by Crippen LogP contribution is 2.24. The van der Waals surface area contributed by atoms with Gasteiger partial charge < -0.3 is 10.6 Å². The minimum atomic E-state index is 0. The standard InChI is InChI=1S/C16H24N2OS.ClH/c1-11-6-7-14(20-3)9-15(11)16(19)18-8-4-5-13(10-18)12(2)17;/h6-7,9,12-13H,4-5,8,10,17H2,1-3H3;1H. The number of amides is 1. The van der Waals surface area contributed by atoms with Crippen LogP contribution >= 0.6 is 24.2 Å². The lowest BCUT2D eigenvalue weighted by atomic mass is 9.91. The number of carbonyl (C=O) groups is 1. The molecule has 1 fully saturated rings. The second kappa shape index (κ2) is 8.06. The maximum Gasteiger partial charge on any atom is 0.254 e. The SMILES string of the molecule is CSc1ccc(C)c(C(=O)N2CCCC(C(C)N)C2)c1.Cl. The van der Waals surface area contributed by atoms with Crippen LogP contribution in [0.1, 0.15) is 35.7 Å². The Morgan fingerprint density at radius 1 is 1.48 bits per heavy atom. The van der Waals surface area contributed by atoms with Gasteiger partial charge in [-0.05, 0) is 56.6 Å². The summed E-state index contributed by atoms with van der Waals surface area (Å²) in [5.74, 6) is 0.584. The van der Waals surface area contributed by atoms with E-state index in [1.165, 1.54) is 0 Å². The molecule has 1 aliphatic heterocycles. The third-order valence-corrected chi connectivity index (χ3v) is 4.89. The van der Waals surface area contributed by atoms with E-state index in [0.29, 0.717) is 5.92 Å². The number of likely N-dealkylation sites (tertiary alicyclic amines) is 1. The van der Waals surface area contributed by atoms with E-state index < -0.39 is 0 Å². The third kappa shape index (κ3) is 4.38. The van der Waals surface area contributed by atoms with Crippen LogP contribution < -0.4 is 5.73 Å². The van der Waals surface area contributed by atoms with Gasteiger partial charge in [-0.15, -0.1) is 24.2 Å². The number of halogens is 1. The molecule has 3 nitrogen and oxygen atoms in total. The molecule has 0 radical (unpaired) electrons. The van der Waals surface area contributed by atoms with Gasteiger partial charge in [-0.25, -0.2) is 0 Å². The number of benzene rings is 1. The molecular weight excluding hydrogens is 304 g/mol. The summed E-state index contributed by atoms with van der Waals surface area (Å²) in [6.45, 7) is 5.69. The van der Waals surface area contributed by atoms with E-state index in [0.717, 1.165) is 42.0 Å². The number of nitrogens with zero attached hydrogens (tertiary/aromatic N) is 1. The Balaban J connectivity index is 0.00000220. The molecular formula is C16H25ClN2OS. The quantitative estimate of drug-likeness (QED) is 0.866. The van der Waals surface area contributed by atoms with E-state index >= 15 is 0 Å². The first-order valence-electron chi connectivity index (χ1n) is 7.22. The summed E-state index contributed by atoms with van der Waals surface area (Å²) in [6, 6.07) is 6.27. The number of nitrogens with two attached hydrogens (primary N) is 1. The van der Waals surface area contributed by atoms with E-state index in [9.17, 15) is 4.79 Å². The molecule has 2 rings (SSSR count). The summed E-state index contributed by atoms with van der Waals surface area (Å²) < 4.78 is 0. The van der Waals surface area contributed by atoms with Crippen LogP contribution in [0.25, 0.3) is 0 Å². The number of aryl methyl sites for hydroxylation is 1. The summed E-state index contributed by atoms with van der Waals surface area (Å²) in [5.41, 5.74) is 7.89. The first-order chi connectivity index (χ1) is 9.52. The van der Waals surface area contributed by atoms with Gasteiger partial charge in [-0.3, -0.25) is 4.79 Å². The zero-order valence-corrected chi connectivity index (χ0v) is 14.6. The molecule has 1 heterocycles. The van der Waals surface area contributed by atoms with Crippen molar-refractivity contribution in [3.05, 3.63) is 29.3 Å². The Kier molecular flexibility index (Phi) is 7.04. The molecule has 118 valence electrons. The lowest BCUT2D eigenvalue weighted by Crippen LogP contribution is -2.45. The second-order valence-electron chi connectivity index (χ2n) is 5.69. The summed E-state index contributed by atoms with van der Waals surface area (Å²) in [5, 5.41) is 0.